The van der Waals surface area contributed by atoms with Gasteiger partial charge in [0.1, 0.15) is 10.7 Å². The zero-order valence-electron chi connectivity index (χ0n) is 12.3. The number of nitrogens with one attached hydrogen (secondary N) is 1. The van der Waals surface area contributed by atoms with E-state index in [1.54, 1.807) is 25.1 Å². The van der Waals surface area contributed by atoms with Crippen LogP contribution in [0.4, 0.5) is 14.5 Å². The Kier molecular flexibility index (Phi) is 6.77. The zero-order chi connectivity index (χ0) is 16.9. The number of aryl methyl sites for hydroxylation is 1. The normalized spacial score (nSPS) is 11.4. The lowest BCUT2D eigenvalue weighted by Crippen LogP contribution is -2.07. The van der Waals surface area contributed by atoms with Gasteiger partial charge < -0.3 is 9.83 Å². The number of benzene rings is 2. The van der Waals surface area contributed by atoms with Gasteiger partial charge in [-0.05, 0) is 36.8 Å². The Balaban J connectivity index is 0.00000116. The second-order valence-electron chi connectivity index (χ2n) is 4.06. The van der Waals surface area contributed by atoms with Crippen molar-refractivity contribution in [1.82, 2.24) is 0 Å². The van der Waals surface area contributed by atoms with Gasteiger partial charge in [0.25, 0.3) is 0 Å². The molecule has 3 nitrogen and oxygen atoms in total. The Morgan fingerprint density at radius 3 is 2.41 bits per heavy atom. The van der Waals surface area contributed by atoms with Gasteiger partial charge in [-0.2, -0.15) is 0 Å². The van der Waals surface area contributed by atoms with Crippen molar-refractivity contribution in [2.45, 2.75) is 25.7 Å². The summed E-state index contributed by atoms with van der Waals surface area (Å²) in [5, 5.41) is 10.0. The highest BCUT2D eigenvalue weighted by molar-refractivity contribution is 7.86. The van der Waals surface area contributed by atoms with E-state index in [0.29, 0.717) is 22.3 Å². The topological polar surface area (TPSA) is 49.3 Å². The first-order valence-corrected chi connectivity index (χ1v) is 8.04. The van der Waals surface area contributed by atoms with E-state index in [2.05, 4.69) is 4.72 Å². The molecule has 0 aliphatic carbocycles. The molecule has 0 aromatic heterocycles. The van der Waals surface area contributed by atoms with Gasteiger partial charge in [-0.25, -0.2) is 13.0 Å². The van der Waals surface area contributed by atoms with E-state index < -0.39 is 28.4 Å². The lowest BCUT2D eigenvalue weighted by atomic mass is 10.2. The molecule has 0 heterocycles. The second-order valence-corrected chi connectivity index (χ2v) is 5.68. The number of hydrogen-bond acceptors (Lipinski definition) is 2. The Morgan fingerprint density at radius 2 is 1.82 bits per heavy atom. The van der Waals surface area contributed by atoms with Crippen LogP contribution in [-0.4, -0.2) is 9.32 Å². The molecular weight excluding hydrogens is 332 g/mol. The molecule has 2 aromatic carbocycles. The lowest BCUT2D eigenvalue weighted by Gasteiger charge is -2.10. The third-order valence-electron chi connectivity index (χ3n) is 2.58. The van der Waals surface area contributed by atoms with Crippen LogP contribution in [0.15, 0.2) is 35.2 Å². The number of hydrogen-bond donors (Lipinski definition) is 2. The monoisotopic (exact) mass is 347 g/mol. The highest BCUT2D eigenvalue weighted by atomic mass is 35.5. The summed E-state index contributed by atoms with van der Waals surface area (Å²) in [6.45, 7) is 5.73. The van der Waals surface area contributed by atoms with Crippen molar-refractivity contribution in [1.29, 1.82) is 0 Å². The number of phenolic OH excluding ortho intramolecular Hbond substituents is 1. The molecule has 0 radical (unpaired) electrons. The standard InChI is InChI=1S/C13H10ClF2NO2S.C2H6/c1-7-4-8(14)2-3-11(7)17-20(19)12-6-9(15)5-10(16)13(12)18;1-2/h2-6,17-18H,1H3;1-2H3. The molecule has 0 aliphatic rings. The van der Waals surface area contributed by atoms with Crippen LogP contribution in [0, 0.1) is 18.6 Å². The number of halogens is 3. The number of rotatable bonds is 3. The van der Waals surface area contributed by atoms with Crippen LogP contribution in [0.5, 0.6) is 5.75 Å². The second kappa shape index (κ2) is 8.10. The van der Waals surface area contributed by atoms with Crippen molar-refractivity contribution < 1.29 is 18.1 Å². The maximum atomic E-state index is 13.2. The molecule has 0 saturated carbocycles. The Bertz CT molecular complexity index is 695. The van der Waals surface area contributed by atoms with Crippen molar-refractivity contribution in [2.24, 2.45) is 0 Å². The molecule has 120 valence electrons. The largest absolute Gasteiger partial charge is 0.504 e. The van der Waals surface area contributed by atoms with E-state index in [4.69, 9.17) is 11.6 Å². The Labute approximate surface area is 135 Å². The van der Waals surface area contributed by atoms with E-state index in [1.807, 2.05) is 13.8 Å². The predicted molar refractivity (Wildman–Crippen MR) is 85.6 cm³/mol. The van der Waals surface area contributed by atoms with Crippen LogP contribution in [0.25, 0.3) is 0 Å². The van der Waals surface area contributed by atoms with Crippen molar-refractivity contribution in [3.63, 3.8) is 0 Å². The van der Waals surface area contributed by atoms with Crippen molar-refractivity contribution in [3.8, 4) is 5.75 Å². The molecule has 0 spiro atoms. The van der Waals surface area contributed by atoms with Gasteiger partial charge in [-0.1, -0.05) is 25.4 Å². The molecule has 2 aromatic rings. The fourth-order valence-electron chi connectivity index (χ4n) is 1.58. The van der Waals surface area contributed by atoms with Crippen LogP contribution < -0.4 is 4.72 Å². The molecule has 2 N–H and O–H groups in total. The predicted octanol–water partition coefficient (Wildman–Crippen LogP) is 4.79. The Morgan fingerprint density at radius 1 is 1.18 bits per heavy atom. The summed E-state index contributed by atoms with van der Waals surface area (Å²) in [5.74, 6) is -2.93. The molecule has 1 atom stereocenters. The quantitative estimate of drug-likeness (QED) is 0.838. The third kappa shape index (κ3) is 4.42. The van der Waals surface area contributed by atoms with Gasteiger partial charge >= 0.3 is 0 Å². The molecule has 0 saturated heterocycles. The summed E-state index contributed by atoms with van der Waals surface area (Å²) in [6.07, 6.45) is 0. The maximum Gasteiger partial charge on any atom is 0.169 e. The summed E-state index contributed by atoms with van der Waals surface area (Å²) in [6, 6.07) is 6.14. The van der Waals surface area contributed by atoms with Gasteiger partial charge in [-0.15, -0.1) is 0 Å². The molecule has 22 heavy (non-hydrogen) atoms. The lowest BCUT2D eigenvalue weighted by molar-refractivity contribution is 0.413. The van der Waals surface area contributed by atoms with Gasteiger partial charge in [0.15, 0.2) is 22.6 Å². The summed E-state index contributed by atoms with van der Waals surface area (Å²) < 4.78 is 40.9. The van der Waals surface area contributed by atoms with Crippen molar-refractivity contribution in [3.05, 3.63) is 52.6 Å². The third-order valence-corrected chi connectivity index (χ3v) is 3.94. The average molecular weight is 348 g/mol. The first-order chi connectivity index (χ1) is 10.4. The molecule has 7 heteroatoms. The molecule has 0 aliphatic heterocycles. The van der Waals surface area contributed by atoms with Crippen LogP contribution in [0.3, 0.4) is 0 Å². The molecule has 0 bridgehead atoms. The summed E-state index contributed by atoms with van der Waals surface area (Å²) >= 11 is 5.79. The van der Waals surface area contributed by atoms with Crippen molar-refractivity contribution >= 4 is 28.3 Å². The first kappa shape index (κ1) is 18.4. The molecular formula is C15H16ClF2NO2S. The minimum atomic E-state index is -2.01. The summed E-state index contributed by atoms with van der Waals surface area (Å²) in [4.78, 5) is -0.364. The van der Waals surface area contributed by atoms with Crippen LogP contribution in [0.1, 0.15) is 19.4 Å². The highest BCUT2D eigenvalue weighted by Crippen LogP contribution is 2.28. The molecule has 0 amide bonds. The minimum Gasteiger partial charge on any atom is -0.504 e. The minimum absolute atomic E-state index is 0.364. The SMILES string of the molecule is CC.Cc1cc(Cl)ccc1NS(=O)c1cc(F)cc(F)c1O. The van der Waals surface area contributed by atoms with E-state index in [-0.39, 0.29) is 4.90 Å². The fraction of sp³-hybridized carbons (Fsp3) is 0.200. The van der Waals surface area contributed by atoms with Crippen LogP contribution >= 0.6 is 11.6 Å². The van der Waals surface area contributed by atoms with Gasteiger partial charge in [0.05, 0.1) is 0 Å². The fourth-order valence-corrected chi connectivity index (χ4v) is 2.84. The van der Waals surface area contributed by atoms with E-state index >= 15 is 0 Å². The summed E-state index contributed by atoms with van der Waals surface area (Å²) in [7, 11) is -2.01. The zero-order valence-corrected chi connectivity index (χ0v) is 13.9. The molecule has 0 fully saturated rings. The van der Waals surface area contributed by atoms with Crippen molar-refractivity contribution in [2.75, 3.05) is 4.72 Å². The molecule has 2 rings (SSSR count). The van der Waals surface area contributed by atoms with Gasteiger partial charge in [-0.3, -0.25) is 0 Å². The summed E-state index contributed by atoms with van der Waals surface area (Å²) in [5.41, 5.74) is 1.19. The maximum absolute atomic E-state index is 13.2. The van der Waals surface area contributed by atoms with Gasteiger partial charge in [0.2, 0.25) is 0 Å². The smallest absolute Gasteiger partial charge is 0.169 e. The number of phenols is 1. The van der Waals surface area contributed by atoms with E-state index in [9.17, 15) is 18.1 Å². The number of anilines is 1. The van der Waals surface area contributed by atoms with Crippen LogP contribution in [0.2, 0.25) is 5.02 Å². The Hall–Kier alpha value is -1.66. The van der Waals surface area contributed by atoms with Crippen LogP contribution in [-0.2, 0) is 11.0 Å². The number of aromatic hydroxyl groups is 1. The molecule has 1 unspecified atom stereocenters. The van der Waals surface area contributed by atoms with E-state index in [1.165, 1.54) is 0 Å². The first-order valence-electron chi connectivity index (χ1n) is 6.51. The average Bonchev–Trinajstić information content (AvgIpc) is 2.47. The van der Waals surface area contributed by atoms with E-state index in [0.717, 1.165) is 6.07 Å². The van der Waals surface area contributed by atoms with Gasteiger partial charge in [0, 0.05) is 16.8 Å². The highest BCUT2D eigenvalue weighted by Gasteiger charge is 2.16.